The maximum atomic E-state index is 11.8. The Morgan fingerprint density at radius 2 is 2.05 bits per heavy atom. The molecule has 0 unspecified atom stereocenters. The van der Waals surface area contributed by atoms with Gasteiger partial charge in [-0.25, -0.2) is 0 Å². The summed E-state index contributed by atoms with van der Waals surface area (Å²) in [4.78, 5) is 15.7. The molecule has 1 amide bonds. The number of ether oxygens (including phenoxy) is 1. The van der Waals surface area contributed by atoms with E-state index < -0.39 is 0 Å². The molecule has 5 nitrogen and oxygen atoms in total. The van der Waals surface area contributed by atoms with Crippen molar-refractivity contribution in [1.29, 1.82) is 0 Å². The highest BCUT2D eigenvalue weighted by Gasteiger charge is 2.06. The van der Waals surface area contributed by atoms with Crippen molar-refractivity contribution in [2.24, 2.45) is 0 Å². The molecule has 5 heteroatoms. The Kier molecular flexibility index (Phi) is 5.72. The van der Waals surface area contributed by atoms with Crippen molar-refractivity contribution in [3.05, 3.63) is 54.4 Å². The van der Waals surface area contributed by atoms with Crippen LogP contribution in [0, 0.1) is 0 Å². The standard InChI is InChI=1S/C16H18N2O3/c19-12-13-8-9-17-11-15(13)18-16(20)7-4-10-21-14-5-2-1-3-6-14/h1-3,5-6,8-9,11,19H,4,7,10,12H2,(H,18,20). The van der Waals surface area contributed by atoms with Crippen molar-refractivity contribution in [3.8, 4) is 5.75 Å². The second kappa shape index (κ2) is 8.01. The molecule has 0 atom stereocenters. The summed E-state index contributed by atoms with van der Waals surface area (Å²) in [5.74, 6) is 0.682. The highest BCUT2D eigenvalue weighted by Crippen LogP contribution is 2.14. The first-order valence-electron chi connectivity index (χ1n) is 6.81. The van der Waals surface area contributed by atoms with Crippen molar-refractivity contribution in [2.75, 3.05) is 11.9 Å². The Labute approximate surface area is 123 Å². The number of benzene rings is 1. The predicted molar refractivity (Wildman–Crippen MR) is 80.0 cm³/mol. The van der Waals surface area contributed by atoms with Gasteiger partial charge in [-0.1, -0.05) is 18.2 Å². The molecule has 0 saturated heterocycles. The SMILES string of the molecule is O=C(CCCOc1ccccc1)Nc1cnccc1CO. The average Bonchev–Trinajstić information content (AvgIpc) is 2.53. The van der Waals surface area contributed by atoms with Gasteiger partial charge in [0, 0.05) is 18.2 Å². The minimum Gasteiger partial charge on any atom is -0.494 e. The molecule has 0 bridgehead atoms. The molecule has 2 aromatic rings. The molecule has 0 spiro atoms. The Morgan fingerprint density at radius 1 is 1.24 bits per heavy atom. The summed E-state index contributed by atoms with van der Waals surface area (Å²) in [5, 5.41) is 11.9. The maximum absolute atomic E-state index is 11.8. The van der Waals surface area contributed by atoms with Crippen LogP contribution in [0.4, 0.5) is 5.69 Å². The van der Waals surface area contributed by atoms with E-state index in [1.54, 1.807) is 12.3 Å². The molecule has 1 aromatic carbocycles. The molecule has 1 aromatic heterocycles. The van der Waals surface area contributed by atoms with Crippen LogP contribution in [-0.2, 0) is 11.4 Å². The Bertz CT molecular complexity index is 573. The number of carbonyl (C=O) groups is 1. The lowest BCUT2D eigenvalue weighted by molar-refractivity contribution is -0.116. The van der Waals surface area contributed by atoms with E-state index in [-0.39, 0.29) is 12.5 Å². The lowest BCUT2D eigenvalue weighted by Crippen LogP contribution is -2.14. The number of aromatic nitrogens is 1. The van der Waals surface area contributed by atoms with E-state index in [0.717, 1.165) is 5.75 Å². The number of para-hydroxylation sites is 1. The summed E-state index contributed by atoms with van der Waals surface area (Å²) < 4.78 is 5.52. The van der Waals surface area contributed by atoms with Crippen molar-refractivity contribution in [1.82, 2.24) is 4.98 Å². The molecule has 21 heavy (non-hydrogen) atoms. The molecule has 110 valence electrons. The second-order valence-corrected chi connectivity index (χ2v) is 4.50. The third-order valence-electron chi connectivity index (χ3n) is 2.92. The molecule has 0 saturated carbocycles. The molecule has 0 radical (unpaired) electrons. The molecule has 0 aliphatic heterocycles. The first-order valence-corrected chi connectivity index (χ1v) is 6.81. The Morgan fingerprint density at radius 3 is 2.81 bits per heavy atom. The number of hydrogen-bond acceptors (Lipinski definition) is 4. The van der Waals surface area contributed by atoms with Gasteiger partial charge in [-0.3, -0.25) is 9.78 Å². The topological polar surface area (TPSA) is 71.5 Å². The molecule has 1 heterocycles. The lowest BCUT2D eigenvalue weighted by Gasteiger charge is -2.09. The molecule has 2 N–H and O–H groups in total. The number of pyridine rings is 1. The third kappa shape index (κ3) is 4.89. The monoisotopic (exact) mass is 286 g/mol. The number of carbonyl (C=O) groups excluding carboxylic acids is 1. The van der Waals surface area contributed by atoms with Crippen LogP contribution in [0.15, 0.2) is 48.8 Å². The fourth-order valence-corrected chi connectivity index (χ4v) is 1.83. The number of amides is 1. The molecular weight excluding hydrogens is 268 g/mol. The van der Waals surface area contributed by atoms with Crippen LogP contribution in [0.3, 0.4) is 0 Å². The van der Waals surface area contributed by atoms with Gasteiger partial charge in [0.2, 0.25) is 5.91 Å². The van der Waals surface area contributed by atoms with Gasteiger partial charge in [-0.05, 0) is 24.6 Å². The molecule has 0 aliphatic rings. The van der Waals surface area contributed by atoms with Crippen molar-refractivity contribution in [2.45, 2.75) is 19.4 Å². The quantitative estimate of drug-likeness (QED) is 0.767. The summed E-state index contributed by atoms with van der Waals surface area (Å²) in [6, 6.07) is 11.2. The van der Waals surface area contributed by atoms with Gasteiger partial charge < -0.3 is 15.2 Å². The minimum absolute atomic E-state index is 0.116. The van der Waals surface area contributed by atoms with Crippen LogP contribution >= 0.6 is 0 Å². The smallest absolute Gasteiger partial charge is 0.224 e. The highest BCUT2D eigenvalue weighted by atomic mass is 16.5. The van der Waals surface area contributed by atoms with Crippen LogP contribution in [0.2, 0.25) is 0 Å². The first-order chi connectivity index (χ1) is 10.3. The summed E-state index contributed by atoms with van der Waals surface area (Å²) in [5.41, 5.74) is 1.20. The summed E-state index contributed by atoms with van der Waals surface area (Å²) in [6.45, 7) is 0.354. The summed E-state index contributed by atoms with van der Waals surface area (Å²) in [6.07, 6.45) is 4.08. The maximum Gasteiger partial charge on any atom is 0.224 e. The number of aliphatic hydroxyl groups excluding tert-OH is 1. The second-order valence-electron chi connectivity index (χ2n) is 4.50. The van der Waals surface area contributed by atoms with Crippen molar-refractivity contribution < 1.29 is 14.6 Å². The van der Waals surface area contributed by atoms with Gasteiger partial charge in [0.25, 0.3) is 0 Å². The molecule has 0 fully saturated rings. The first kappa shape index (κ1) is 15.0. The van der Waals surface area contributed by atoms with Crippen molar-refractivity contribution in [3.63, 3.8) is 0 Å². The largest absolute Gasteiger partial charge is 0.494 e. The number of nitrogens with zero attached hydrogens (tertiary/aromatic N) is 1. The fourth-order valence-electron chi connectivity index (χ4n) is 1.83. The average molecular weight is 286 g/mol. The van der Waals surface area contributed by atoms with Gasteiger partial charge in [0.15, 0.2) is 0 Å². The Hall–Kier alpha value is -2.40. The molecule has 2 rings (SSSR count). The van der Waals surface area contributed by atoms with Gasteiger partial charge in [0.1, 0.15) is 5.75 Å². The van der Waals surface area contributed by atoms with E-state index >= 15 is 0 Å². The van der Waals surface area contributed by atoms with Crippen molar-refractivity contribution >= 4 is 11.6 Å². The zero-order valence-corrected chi connectivity index (χ0v) is 11.7. The third-order valence-corrected chi connectivity index (χ3v) is 2.92. The number of rotatable bonds is 7. The number of aliphatic hydroxyl groups is 1. The van der Waals surface area contributed by atoms with Crippen LogP contribution in [0.1, 0.15) is 18.4 Å². The fraction of sp³-hybridized carbons (Fsp3) is 0.250. The van der Waals surface area contributed by atoms with E-state index in [4.69, 9.17) is 4.74 Å². The van der Waals surface area contributed by atoms with Crippen LogP contribution in [0.5, 0.6) is 5.75 Å². The zero-order chi connectivity index (χ0) is 14.9. The van der Waals surface area contributed by atoms with E-state index in [1.165, 1.54) is 6.20 Å². The number of anilines is 1. The lowest BCUT2D eigenvalue weighted by atomic mass is 10.2. The summed E-state index contributed by atoms with van der Waals surface area (Å²) in [7, 11) is 0. The number of hydrogen-bond donors (Lipinski definition) is 2. The summed E-state index contributed by atoms with van der Waals surface area (Å²) >= 11 is 0. The zero-order valence-electron chi connectivity index (χ0n) is 11.7. The Balaban J connectivity index is 1.72. The van der Waals surface area contributed by atoms with Gasteiger partial charge in [0.05, 0.1) is 25.1 Å². The number of nitrogens with one attached hydrogen (secondary N) is 1. The normalized spacial score (nSPS) is 10.1. The van der Waals surface area contributed by atoms with Crippen LogP contribution in [-0.4, -0.2) is 22.6 Å². The molecular formula is C16H18N2O3. The van der Waals surface area contributed by atoms with E-state index in [9.17, 15) is 9.90 Å². The van der Waals surface area contributed by atoms with E-state index in [1.807, 2.05) is 30.3 Å². The highest BCUT2D eigenvalue weighted by molar-refractivity contribution is 5.91. The van der Waals surface area contributed by atoms with Gasteiger partial charge in [-0.15, -0.1) is 0 Å². The van der Waals surface area contributed by atoms with Gasteiger partial charge >= 0.3 is 0 Å². The van der Waals surface area contributed by atoms with Gasteiger partial charge in [-0.2, -0.15) is 0 Å². The van der Waals surface area contributed by atoms with Crippen LogP contribution < -0.4 is 10.1 Å². The van der Waals surface area contributed by atoms with E-state index in [2.05, 4.69) is 10.3 Å². The minimum atomic E-state index is -0.130. The predicted octanol–water partition coefficient (Wildman–Crippen LogP) is 2.37. The van der Waals surface area contributed by atoms with Crippen LogP contribution in [0.25, 0.3) is 0 Å². The van der Waals surface area contributed by atoms with E-state index in [0.29, 0.717) is 30.7 Å². The molecule has 0 aliphatic carbocycles.